The van der Waals surface area contributed by atoms with E-state index in [1.54, 1.807) is 0 Å². The maximum atomic E-state index is 11.1. The average Bonchev–Trinajstić information content (AvgIpc) is 2.03. The zero-order chi connectivity index (χ0) is 9.14. The van der Waals surface area contributed by atoms with Gasteiger partial charge in [0.1, 0.15) is 0 Å². The molecule has 1 unspecified atom stereocenters. The van der Waals surface area contributed by atoms with E-state index < -0.39 is 11.9 Å². The molecule has 0 aliphatic carbocycles. The molecule has 5 nitrogen and oxygen atoms in total. The van der Waals surface area contributed by atoms with Crippen LogP contribution in [0.1, 0.15) is 19.5 Å². The molecule has 0 aliphatic heterocycles. The van der Waals surface area contributed by atoms with E-state index >= 15 is 0 Å². The molecule has 1 heterocycles. The summed E-state index contributed by atoms with van der Waals surface area (Å²) >= 11 is 0. The minimum Gasteiger partial charge on any atom is -0.314 e. The Bertz CT molecular complexity index is 337. The summed E-state index contributed by atoms with van der Waals surface area (Å²) in [5.41, 5.74) is 4.71. The minimum absolute atomic E-state index is 0.367. The fraction of sp³-hybridized carbons (Fsp3) is 0.429. The van der Waals surface area contributed by atoms with Crippen molar-refractivity contribution in [3.63, 3.8) is 0 Å². The van der Waals surface area contributed by atoms with E-state index in [0.717, 1.165) is 4.57 Å². The molecule has 1 aromatic rings. The number of aromatic nitrogens is 2. The molecule has 66 valence electrons. The highest BCUT2D eigenvalue weighted by Gasteiger charge is 2.06. The first-order valence-corrected chi connectivity index (χ1v) is 3.72. The number of hydrogen-bond acceptors (Lipinski definition) is 3. The number of nitrogens with two attached hydrogens (primary N) is 1. The Balaban J connectivity index is 3.31. The third-order valence-corrected chi connectivity index (χ3v) is 1.64. The second kappa shape index (κ2) is 3.36. The van der Waals surface area contributed by atoms with E-state index in [0.29, 0.717) is 6.42 Å². The number of nitrogens with one attached hydrogen (secondary N) is 1. The molecule has 0 amide bonds. The molecule has 0 radical (unpaired) electrons. The Hall–Kier alpha value is -1.36. The normalized spacial score (nSPS) is 12.8. The third kappa shape index (κ3) is 1.45. The van der Waals surface area contributed by atoms with Crippen LogP contribution >= 0.6 is 0 Å². The van der Waals surface area contributed by atoms with Crippen molar-refractivity contribution in [1.82, 2.24) is 9.55 Å². The smallest absolute Gasteiger partial charge is 0.314 e. The number of H-pyrrole nitrogens is 1. The van der Waals surface area contributed by atoms with Crippen LogP contribution in [0.3, 0.4) is 0 Å². The molecule has 12 heavy (non-hydrogen) atoms. The van der Waals surface area contributed by atoms with Gasteiger partial charge in [-0.15, -0.1) is 0 Å². The van der Waals surface area contributed by atoms with Crippen molar-refractivity contribution in [2.24, 2.45) is 5.73 Å². The lowest BCUT2D eigenvalue weighted by atomic mass is 10.4. The quantitative estimate of drug-likeness (QED) is 0.620. The Morgan fingerprint density at radius 3 is 2.83 bits per heavy atom. The Morgan fingerprint density at radius 2 is 2.33 bits per heavy atom. The van der Waals surface area contributed by atoms with Gasteiger partial charge in [-0.25, -0.2) is 9.36 Å². The van der Waals surface area contributed by atoms with Crippen molar-refractivity contribution in [3.05, 3.63) is 33.1 Å². The standard InChI is InChI=1S/C7H11N3O2/c1-2-5(8)10-6(11)3-4-9-7(10)12/h3-5H,2,8H2,1H3,(H,9,12). The minimum atomic E-state index is -0.539. The first-order chi connectivity index (χ1) is 5.66. The lowest BCUT2D eigenvalue weighted by Gasteiger charge is -2.09. The average molecular weight is 169 g/mol. The summed E-state index contributed by atoms with van der Waals surface area (Å²) in [5, 5.41) is 0. The molecule has 3 N–H and O–H groups in total. The molecule has 0 saturated carbocycles. The van der Waals surface area contributed by atoms with Crippen LogP contribution < -0.4 is 17.0 Å². The maximum absolute atomic E-state index is 11.1. The van der Waals surface area contributed by atoms with Gasteiger partial charge in [-0.2, -0.15) is 0 Å². The van der Waals surface area contributed by atoms with Crippen molar-refractivity contribution < 1.29 is 0 Å². The van der Waals surface area contributed by atoms with Crippen molar-refractivity contribution >= 4 is 0 Å². The van der Waals surface area contributed by atoms with Crippen LogP contribution in [0.25, 0.3) is 0 Å². The molecule has 0 aliphatic rings. The van der Waals surface area contributed by atoms with E-state index in [2.05, 4.69) is 4.98 Å². The van der Waals surface area contributed by atoms with E-state index in [1.165, 1.54) is 12.3 Å². The van der Waals surface area contributed by atoms with Crippen molar-refractivity contribution in [3.8, 4) is 0 Å². The van der Waals surface area contributed by atoms with Crippen LogP contribution in [0.4, 0.5) is 0 Å². The predicted octanol–water partition coefficient (Wildman–Crippen LogP) is -0.596. The third-order valence-electron chi connectivity index (χ3n) is 1.64. The molecule has 1 rings (SSSR count). The molecule has 0 spiro atoms. The highest BCUT2D eigenvalue weighted by molar-refractivity contribution is 4.84. The van der Waals surface area contributed by atoms with Gasteiger partial charge in [0.05, 0.1) is 6.17 Å². The van der Waals surface area contributed by atoms with Crippen LogP contribution in [0.5, 0.6) is 0 Å². The topological polar surface area (TPSA) is 80.9 Å². The van der Waals surface area contributed by atoms with Gasteiger partial charge in [0.25, 0.3) is 5.56 Å². The van der Waals surface area contributed by atoms with Crippen LogP contribution in [-0.4, -0.2) is 9.55 Å². The summed E-state index contributed by atoms with van der Waals surface area (Å²) < 4.78 is 1.00. The van der Waals surface area contributed by atoms with Crippen LogP contribution in [0.2, 0.25) is 0 Å². The Labute approximate surface area is 68.8 Å². The van der Waals surface area contributed by atoms with Gasteiger partial charge in [-0.1, -0.05) is 6.92 Å². The van der Waals surface area contributed by atoms with Crippen molar-refractivity contribution in [2.45, 2.75) is 19.5 Å². The molecule has 5 heteroatoms. The zero-order valence-electron chi connectivity index (χ0n) is 6.78. The zero-order valence-corrected chi connectivity index (χ0v) is 6.78. The second-order valence-corrected chi connectivity index (χ2v) is 2.47. The molecular formula is C7H11N3O2. The van der Waals surface area contributed by atoms with Crippen molar-refractivity contribution in [2.75, 3.05) is 0 Å². The molecule has 0 saturated heterocycles. The fourth-order valence-corrected chi connectivity index (χ4v) is 0.931. The van der Waals surface area contributed by atoms with Gasteiger partial charge in [-0.3, -0.25) is 4.79 Å². The second-order valence-electron chi connectivity index (χ2n) is 2.47. The highest BCUT2D eigenvalue weighted by atomic mass is 16.2. The molecule has 0 aromatic carbocycles. The van der Waals surface area contributed by atoms with Crippen LogP contribution in [0.15, 0.2) is 21.9 Å². The summed E-state index contributed by atoms with van der Waals surface area (Å²) in [5.74, 6) is 0. The van der Waals surface area contributed by atoms with E-state index in [1.807, 2.05) is 6.92 Å². The molecular weight excluding hydrogens is 158 g/mol. The summed E-state index contributed by atoms with van der Waals surface area (Å²) in [4.78, 5) is 24.6. The van der Waals surface area contributed by atoms with E-state index in [9.17, 15) is 9.59 Å². The van der Waals surface area contributed by atoms with Gasteiger partial charge in [0, 0.05) is 12.3 Å². The van der Waals surface area contributed by atoms with Gasteiger partial charge >= 0.3 is 5.69 Å². The Morgan fingerprint density at radius 1 is 1.67 bits per heavy atom. The summed E-state index contributed by atoms with van der Waals surface area (Å²) in [6.07, 6.45) is 1.32. The SMILES string of the molecule is CCC(N)n1c(=O)cc[nH]c1=O. The lowest BCUT2D eigenvalue weighted by Crippen LogP contribution is -2.40. The summed E-state index contributed by atoms with van der Waals surface area (Å²) in [6, 6.07) is 1.27. The van der Waals surface area contributed by atoms with Crippen LogP contribution in [0, 0.1) is 0 Å². The van der Waals surface area contributed by atoms with Gasteiger partial charge < -0.3 is 10.7 Å². The Kier molecular flexibility index (Phi) is 2.44. The highest BCUT2D eigenvalue weighted by Crippen LogP contribution is 1.93. The largest absolute Gasteiger partial charge is 0.329 e. The predicted molar refractivity (Wildman–Crippen MR) is 44.8 cm³/mol. The monoisotopic (exact) mass is 169 g/mol. The van der Waals surface area contributed by atoms with Gasteiger partial charge in [0.15, 0.2) is 0 Å². The molecule has 0 fully saturated rings. The van der Waals surface area contributed by atoms with Crippen molar-refractivity contribution in [1.29, 1.82) is 0 Å². The van der Waals surface area contributed by atoms with Crippen LogP contribution in [-0.2, 0) is 0 Å². The van der Waals surface area contributed by atoms with E-state index in [-0.39, 0.29) is 5.56 Å². The summed E-state index contributed by atoms with van der Waals surface area (Å²) in [6.45, 7) is 1.81. The summed E-state index contributed by atoms with van der Waals surface area (Å²) in [7, 11) is 0. The number of nitrogens with zero attached hydrogens (tertiary/aromatic N) is 1. The first-order valence-electron chi connectivity index (χ1n) is 3.72. The number of aromatic amines is 1. The lowest BCUT2D eigenvalue weighted by molar-refractivity contribution is 0.467. The van der Waals surface area contributed by atoms with Gasteiger partial charge in [-0.05, 0) is 6.42 Å². The number of hydrogen-bond donors (Lipinski definition) is 2. The fourth-order valence-electron chi connectivity index (χ4n) is 0.931. The molecule has 1 aromatic heterocycles. The number of rotatable bonds is 2. The molecule has 1 atom stereocenters. The van der Waals surface area contributed by atoms with E-state index in [4.69, 9.17) is 5.73 Å². The van der Waals surface area contributed by atoms with Gasteiger partial charge in [0.2, 0.25) is 0 Å². The first kappa shape index (κ1) is 8.73. The molecule has 0 bridgehead atoms. The maximum Gasteiger partial charge on any atom is 0.329 e.